The Morgan fingerprint density at radius 1 is 1.21 bits per heavy atom. The van der Waals surface area contributed by atoms with Gasteiger partial charge in [0.05, 0.1) is 18.8 Å². The van der Waals surface area contributed by atoms with Crippen LogP contribution in [0.25, 0.3) is 0 Å². The minimum absolute atomic E-state index is 0.237. The lowest BCUT2D eigenvalue weighted by atomic mass is 10.0. The summed E-state index contributed by atoms with van der Waals surface area (Å²) < 4.78 is 11.8. The second-order valence-corrected chi connectivity index (χ2v) is 5.76. The second-order valence-electron chi connectivity index (χ2n) is 5.76. The molecule has 1 N–H and O–H groups in total. The van der Waals surface area contributed by atoms with Crippen molar-refractivity contribution < 1.29 is 9.47 Å². The highest BCUT2D eigenvalue weighted by atomic mass is 16.5. The fourth-order valence-corrected chi connectivity index (χ4v) is 2.63. The van der Waals surface area contributed by atoms with Gasteiger partial charge < -0.3 is 14.8 Å². The largest absolute Gasteiger partial charge is 0.379 e. The van der Waals surface area contributed by atoms with E-state index in [-0.39, 0.29) is 6.10 Å². The van der Waals surface area contributed by atoms with Crippen molar-refractivity contribution >= 4 is 0 Å². The Morgan fingerprint density at radius 2 is 2.05 bits per heavy atom. The highest BCUT2D eigenvalue weighted by Crippen LogP contribution is 2.16. The van der Waals surface area contributed by atoms with E-state index in [0.717, 1.165) is 26.2 Å². The first-order valence-corrected chi connectivity index (χ1v) is 8.24. The van der Waals surface area contributed by atoms with E-state index in [1.165, 1.54) is 38.5 Å². The lowest BCUT2D eigenvalue weighted by molar-refractivity contribution is -0.0969. The van der Waals surface area contributed by atoms with Crippen LogP contribution < -0.4 is 5.32 Å². The zero-order valence-electron chi connectivity index (χ0n) is 13.1. The van der Waals surface area contributed by atoms with Gasteiger partial charge in [0.2, 0.25) is 0 Å². The normalized spacial score (nSPS) is 25.4. The molecule has 3 unspecified atom stereocenters. The quantitative estimate of drug-likeness (QED) is 0.617. The molecule has 0 aromatic heterocycles. The van der Waals surface area contributed by atoms with Crippen molar-refractivity contribution in [2.24, 2.45) is 0 Å². The van der Waals surface area contributed by atoms with Crippen molar-refractivity contribution in [1.29, 1.82) is 0 Å². The molecule has 114 valence electrons. The van der Waals surface area contributed by atoms with Crippen LogP contribution in [0.2, 0.25) is 0 Å². The molecule has 19 heavy (non-hydrogen) atoms. The fourth-order valence-electron chi connectivity index (χ4n) is 2.63. The lowest BCUT2D eigenvalue weighted by Crippen LogP contribution is -2.49. The van der Waals surface area contributed by atoms with E-state index >= 15 is 0 Å². The molecule has 0 amide bonds. The number of rotatable bonds is 10. The predicted octanol–water partition coefficient (Wildman–Crippen LogP) is 3.52. The van der Waals surface area contributed by atoms with E-state index in [4.69, 9.17) is 9.47 Å². The van der Waals surface area contributed by atoms with E-state index in [1.54, 1.807) is 0 Å². The monoisotopic (exact) mass is 271 g/mol. The average molecular weight is 271 g/mol. The Kier molecular flexibility index (Phi) is 9.48. The molecular formula is C16H33NO2. The zero-order chi connectivity index (χ0) is 13.9. The SMILES string of the molecule is CCCCCCC(C)OC1COCCC1NCCC. The topological polar surface area (TPSA) is 30.5 Å². The fraction of sp³-hybridized carbons (Fsp3) is 1.00. The molecule has 1 aliphatic heterocycles. The summed E-state index contributed by atoms with van der Waals surface area (Å²) in [6.07, 6.45) is 9.30. The van der Waals surface area contributed by atoms with Crippen LogP contribution in [0.1, 0.15) is 65.7 Å². The van der Waals surface area contributed by atoms with Crippen molar-refractivity contribution in [3.05, 3.63) is 0 Å². The Balaban J connectivity index is 2.22. The molecular weight excluding hydrogens is 238 g/mol. The van der Waals surface area contributed by atoms with Gasteiger partial charge in [0, 0.05) is 12.6 Å². The van der Waals surface area contributed by atoms with Gasteiger partial charge in [0.25, 0.3) is 0 Å². The molecule has 1 saturated heterocycles. The van der Waals surface area contributed by atoms with Gasteiger partial charge in [-0.05, 0) is 32.7 Å². The highest BCUT2D eigenvalue weighted by molar-refractivity contribution is 4.81. The summed E-state index contributed by atoms with van der Waals surface area (Å²) >= 11 is 0. The van der Waals surface area contributed by atoms with Crippen LogP contribution in [0.5, 0.6) is 0 Å². The summed E-state index contributed by atoms with van der Waals surface area (Å²) in [5.41, 5.74) is 0. The number of unbranched alkanes of at least 4 members (excludes halogenated alkanes) is 3. The Hall–Kier alpha value is -0.120. The van der Waals surface area contributed by atoms with Gasteiger partial charge >= 0.3 is 0 Å². The molecule has 1 rings (SSSR count). The van der Waals surface area contributed by atoms with Gasteiger partial charge in [-0.25, -0.2) is 0 Å². The third kappa shape index (κ3) is 7.28. The van der Waals surface area contributed by atoms with E-state index in [2.05, 4.69) is 26.1 Å². The molecule has 0 radical (unpaired) electrons. The van der Waals surface area contributed by atoms with Crippen LogP contribution in [0.15, 0.2) is 0 Å². The molecule has 3 nitrogen and oxygen atoms in total. The first-order chi connectivity index (χ1) is 9.27. The average Bonchev–Trinajstić information content (AvgIpc) is 2.43. The summed E-state index contributed by atoms with van der Waals surface area (Å²) in [6, 6.07) is 0.479. The molecule has 0 aliphatic carbocycles. The molecule has 1 aliphatic rings. The third-order valence-electron chi connectivity index (χ3n) is 3.83. The van der Waals surface area contributed by atoms with Crippen LogP contribution in [-0.4, -0.2) is 38.0 Å². The van der Waals surface area contributed by atoms with Crippen molar-refractivity contribution in [1.82, 2.24) is 5.32 Å². The lowest BCUT2D eigenvalue weighted by Gasteiger charge is -2.34. The van der Waals surface area contributed by atoms with Crippen molar-refractivity contribution in [2.75, 3.05) is 19.8 Å². The molecule has 3 atom stereocenters. The standard InChI is InChI=1S/C16H33NO2/c1-4-6-7-8-9-14(3)19-16-13-18-12-10-15(16)17-11-5-2/h14-17H,4-13H2,1-3H3. The summed E-state index contributed by atoms with van der Waals surface area (Å²) in [5.74, 6) is 0. The number of nitrogens with one attached hydrogen (secondary N) is 1. The number of hydrogen-bond donors (Lipinski definition) is 1. The summed E-state index contributed by atoms with van der Waals surface area (Å²) in [4.78, 5) is 0. The summed E-state index contributed by atoms with van der Waals surface area (Å²) in [6.45, 7) is 9.36. The zero-order valence-corrected chi connectivity index (χ0v) is 13.1. The van der Waals surface area contributed by atoms with Crippen LogP contribution in [0.4, 0.5) is 0 Å². The maximum atomic E-state index is 6.19. The van der Waals surface area contributed by atoms with Crippen molar-refractivity contribution in [3.63, 3.8) is 0 Å². The van der Waals surface area contributed by atoms with Gasteiger partial charge in [-0.3, -0.25) is 0 Å². The Labute approximate surface area is 119 Å². The van der Waals surface area contributed by atoms with Gasteiger partial charge in [-0.1, -0.05) is 39.5 Å². The molecule has 0 aromatic rings. The van der Waals surface area contributed by atoms with E-state index < -0.39 is 0 Å². The minimum atomic E-state index is 0.237. The second kappa shape index (κ2) is 10.6. The van der Waals surface area contributed by atoms with Crippen LogP contribution in [0, 0.1) is 0 Å². The predicted molar refractivity (Wildman–Crippen MR) is 80.6 cm³/mol. The smallest absolute Gasteiger partial charge is 0.0965 e. The highest BCUT2D eigenvalue weighted by Gasteiger charge is 2.27. The molecule has 0 spiro atoms. The summed E-state index contributed by atoms with van der Waals surface area (Å²) in [7, 11) is 0. The van der Waals surface area contributed by atoms with Gasteiger partial charge in [-0.2, -0.15) is 0 Å². The maximum absolute atomic E-state index is 6.19. The van der Waals surface area contributed by atoms with Crippen LogP contribution in [-0.2, 0) is 9.47 Å². The van der Waals surface area contributed by atoms with E-state index in [1.807, 2.05) is 0 Å². The first-order valence-electron chi connectivity index (χ1n) is 8.24. The molecule has 0 saturated carbocycles. The van der Waals surface area contributed by atoms with E-state index in [0.29, 0.717) is 12.1 Å². The molecule has 3 heteroatoms. The maximum Gasteiger partial charge on any atom is 0.0965 e. The van der Waals surface area contributed by atoms with Gasteiger partial charge in [-0.15, -0.1) is 0 Å². The van der Waals surface area contributed by atoms with Gasteiger partial charge in [0.1, 0.15) is 0 Å². The third-order valence-corrected chi connectivity index (χ3v) is 3.83. The van der Waals surface area contributed by atoms with Crippen LogP contribution >= 0.6 is 0 Å². The van der Waals surface area contributed by atoms with Crippen molar-refractivity contribution in [2.45, 2.75) is 84.0 Å². The first kappa shape index (κ1) is 16.9. The minimum Gasteiger partial charge on any atom is -0.379 e. The molecule has 0 aromatic carbocycles. The summed E-state index contributed by atoms with van der Waals surface area (Å²) in [5, 5.41) is 3.60. The Bertz CT molecular complexity index is 211. The van der Waals surface area contributed by atoms with Crippen molar-refractivity contribution in [3.8, 4) is 0 Å². The number of ether oxygens (including phenoxy) is 2. The number of hydrogen-bond acceptors (Lipinski definition) is 3. The molecule has 1 fully saturated rings. The van der Waals surface area contributed by atoms with Crippen LogP contribution in [0.3, 0.4) is 0 Å². The molecule has 1 heterocycles. The molecule has 0 bridgehead atoms. The van der Waals surface area contributed by atoms with Gasteiger partial charge in [0.15, 0.2) is 0 Å². The van der Waals surface area contributed by atoms with E-state index in [9.17, 15) is 0 Å². The Morgan fingerprint density at radius 3 is 2.79 bits per heavy atom.